The van der Waals surface area contributed by atoms with E-state index < -0.39 is 5.92 Å². The third-order valence-corrected chi connectivity index (χ3v) is 2.49. The third kappa shape index (κ3) is 0.918. The molecule has 1 saturated heterocycles. The molecule has 1 fully saturated rings. The molecule has 1 aliphatic heterocycles. The number of allylic oxidation sites excluding steroid dienone is 1. The van der Waals surface area contributed by atoms with Crippen LogP contribution in [0, 0.1) is 23.2 Å². The van der Waals surface area contributed by atoms with E-state index in [0.717, 1.165) is 12.8 Å². The summed E-state index contributed by atoms with van der Waals surface area (Å²) in [4.78, 5) is 11.1. The molecule has 1 aliphatic carbocycles. The number of esters is 1. The largest absolute Gasteiger partial charge is 0.457 e. The lowest BCUT2D eigenvalue weighted by molar-refractivity contribution is -0.141. The molecule has 0 saturated carbocycles. The molecule has 0 spiro atoms. The van der Waals surface area contributed by atoms with Crippen LogP contribution in [-0.4, -0.2) is 12.1 Å². The lowest BCUT2D eigenvalue weighted by Crippen LogP contribution is -2.20. The van der Waals surface area contributed by atoms with Crippen molar-refractivity contribution in [1.82, 2.24) is 0 Å². The number of nitrogens with zero attached hydrogens (tertiary/aromatic N) is 1. The molecule has 3 atom stereocenters. The second-order valence-corrected chi connectivity index (χ2v) is 3.18. The lowest BCUT2D eigenvalue weighted by Gasteiger charge is -2.17. The second-order valence-electron chi connectivity index (χ2n) is 3.18. The SMILES string of the molecule is N#CC1C(=O)OC2C=CCCC21. The van der Waals surface area contributed by atoms with E-state index in [1.165, 1.54) is 0 Å². The van der Waals surface area contributed by atoms with E-state index in [2.05, 4.69) is 0 Å². The first-order valence-electron chi connectivity index (χ1n) is 4.09. The molecular formula is C9H9NO2. The first-order chi connectivity index (χ1) is 5.83. The van der Waals surface area contributed by atoms with E-state index in [1.54, 1.807) is 0 Å². The van der Waals surface area contributed by atoms with Crippen molar-refractivity contribution in [2.45, 2.75) is 18.9 Å². The highest BCUT2D eigenvalue weighted by atomic mass is 16.6. The molecule has 2 rings (SSSR count). The van der Waals surface area contributed by atoms with Gasteiger partial charge in [-0.05, 0) is 18.9 Å². The zero-order chi connectivity index (χ0) is 8.55. The van der Waals surface area contributed by atoms with Crippen LogP contribution < -0.4 is 0 Å². The van der Waals surface area contributed by atoms with Gasteiger partial charge in [-0.1, -0.05) is 6.08 Å². The van der Waals surface area contributed by atoms with E-state index in [1.807, 2.05) is 18.2 Å². The Bertz CT molecular complexity index is 277. The quantitative estimate of drug-likeness (QED) is 0.395. The van der Waals surface area contributed by atoms with Gasteiger partial charge in [-0.2, -0.15) is 5.26 Å². The van der Waals surface area contributed by atoms with Crippen LogP contribution >= 0.6 is 0 Å². The van der Waals surface area contributed by atoms with Crippen LogP contribution in [0.15, 0.2) is 12.2 Å². The first-order valence-corrected chi connectivity index (χ1v) is 4.09. The number of ether oxygens (including phenoxy) is 1. The van der Waals surface area contributed by atoms with Gasteiger partial charge in [0, 0.05) is 5.92 Å². The van der Waals surface area contributed by atoms with Crippen LogP contribution in [0.4, 0.5) is 0 Å². The Hall–Kier alpha value is -1.30. The van der Waals surface area contributed by atoms with Crippen molar-refractivity contribution in [3.05, 3.63) is 12.2 Å². The Balaban J connectivity index is 2.25. The summed E-state index contributed by atoms with van der Waals surface area (Å²) in [7, 11) is 0. The van der Waals surface area contributed by atoms with Crippen molar-refractivity contribution in [3.8, 4) is 6.07 Å². The van der Waals surface area contributed by atoms with Gasteiger partial charge in [0.2, 0.25) is 0 Å². The Morgan fingerprint density at radius 3 is 3.25 bits per heavy atom. The van der Waals surface area contributed by atoms with E-state index in [-0.39, 0.29) is 18.0 Å². The van der Waals surface area contributed by atoms with E-state index in [0.29, 0.717) is 0 Å². The monoisotopic (exact) mass is 163 g/mol. The summed E-state index contributed by atoms with van der Waals surface area (Å²) >= 11 is 0. The van der Waals surface area contributed by atoms with Gasteiger partial charge in [0.15, 0.2) is 5.92 Å². The molecule has 12 heavy (non-hydrogen) atoms. The summed E-state index contributed by atoms with van der Waals surface area (Å²) in [5, 5.41) is 8.70. The lowest BCUT2D eigenvalue weighted by atomic mass is 9.84. The fraction of sp³-hybridized carbons (Fsp3) is 0.556. The summed E-state index contributed by atoms with van der Waals surface area (Å²) in [5.74, 6) is -0.772. The molecule has 3 nitrogen and oxygen atoms in total. The van der Waals surface area contributed by atoms with Gasteiger partial charge in [-0.15, -0.1) is 0 Å². The van der Waals surface area contributed by atoms with Crippen LogP contribution in [0.2, 0.25) is 0 Å². The normalized spacial score (nSPS) is 38.6. The standard InChI is InChI=1S/C9H9NO2/c10-5-7-6-3-1-2-4-8(6)12-9(7)11/h2,4,6-8H,1,3H2. The maximum absolute atomic E-state index is 11.1. The van der Waals surface area contributed by atoms with E-state index >= 15 is 0 Å². The second kappa shape index (κ2) is 2.63. The average molecular weight is 163 g/mol. The highest BCUT2D eigenvalue weighted by molar-refractivity contribution is 5.78. The Morgan fingerprint density at radius 2 is 2.50 bits per heavy atom. The van der Waals surface area contributed by atoms with Crippen LogP contribution in [0.5, 0.6) is 0 Å². The molecule has 0 aromatic heterocycles. The zero-order valence-corrected chi connectivity index (χ0v) is 6.56. The van der Waals surface area contributed by atoms with E-state index in [4.69, 9.17) is 10.00 Å². The molecule has 3 heteroatoms. The number of carbonyl (C=O) groups excluding carboxylic acids is 1. The van der Waals surface area contributed by atoms with Crippen molar-refractivity contribution >= 4 is 5.97 Å². The molecule has 2 aliphatic rings. The van der Waals surface area contributed by atoms with Crippen molar-refractivity contribution < 1.29 is 9.53 Å². The summed E-state index contributed by atoms with van der Waals surface area (Å²) in [5.41, 5.74) is 0. The number of carbonyl (C=O) groups is 1. The van der Waals surface area contributed by atoms with Crippen molar-refractivity contribution in [2.24, 2.45) is 11.8 Å². The molecule has 0 radical (unpaired) electrons. The molecular weight excluding hydrogens is 154 g/mol. The van der Waals surface area contributed by atoms with Crippen LogP contribution in [0.1, 0.15) is 12.8 Å². The Labute approximate surface area is 70.6 Å². The van der Waals surface area contributed by atoms with Crippen LogP contribution in [0.3, 0.4) is 0 Å². The van der Waals surface area contributed by atoms with Gasteiger partial charge in [0.1, 0.15) is 6.10 Å². The fourth-order valence-corrected chi connectivity index (χ4v) is 1.84. The van der Waals surface area contributed by atoms with Gasteiger partial charge < -0.3 is 4.74 Å². The third-order valence-electron chi connectivity index (χ3n) is 2.49. The molecule has 1 heterocycles. The summed E-state index contributed by atoms with van der Waals surface area (Å²) < 4.78 is 5.02. The molecule has 0 bridgehead atoms. The summed E-state index contributed by atoms with van der Waals surface area (Å²) in [6.45, 7) is 0. The van der Waals surface area contributed by atoms with Gasteiger partial charge in [0.25, 0.3) is 0 Å². The van der Waals surface area contributed by atoms with Crippen molar-refractivity contribution in [1.29, 1.82) is 5.26 Å². The maximum atomic E-state index is 11.1. The first kappa shape index (κ1) is 7.35. The Morgan fingerprint density at radius 1 is 1.67 bits per heavy atom. The number of hydrogen-bond donors (Lipinski definition) is 0. The molecule has 0 amide bonds. The molecule has 62 valence electrons. The smallest absolute Gasteiger partial charge is 0.324 e. The number of fused-ring (bicyclic) bond motifs is 1. The van der Waals surface area contributed by atoms with Crippen LogP contribution in [0.25, 0.3) is 0 Å². The minimum absolute atomic E-state index is 0.104. The molecule has 0 aromatic carbocycles. The zero-order valence-electron chi connectivity index (χ0n) is 6.56. The van der Waals surface area contributed by atoms with Gasteiger partial charge in [-0.3, -0.25) is 4.79 Å². The highest BCUT2D eigenvalue weighted by Crippen LogP contribution is 2.35. The minimum Gasteiger partial charge on any atom is -0.457 e. The highest BCUT2D eigenvalue weighted by Gasteiger charge is 2.44. The maximum Gasteiger partial charge on any atom is 0.324 e. The van der Waals surface area contributed by atoms with E-state index in [9.17, 15) is 4.79 Å². The van der Waals surface area contributed by atoms with Gasteiger partial charge >= 0.3 is 5.97 Å². The summed E-state index contributed by atoms with van der Waals surface area (Å²) in [6.07, 6.45) is 5.62. The minimum atomic E-state index is -0.528. The van der Waals surface area contributed by atoms with Crippen molar-refractivity contribution in [2.75, 3.05) is 0 Å². The van der Waals surface area contributed by atoms with Gasteiger partial charge in [-0.25, -0.2) is 0 Å². The molecule has 0 aromatic rings. The fourth-order valence-electron chi connectivity index (χ4n) is 1.84. The number of rotatable bonds is 0. The summed E-state index contributed by atoms with van der Waals surface area (Å²) in [6, 6.07) is 2.00. The molecule has 0 N–H and O–H groups in total. The number of hydrogen-bond acceptors (Lipinski definition) is 3. The van der Waals surface area contributed by atoms with Gasteiger partial charge in [0.05, 0.1) is 6.07 Å². The predicted octanol–water partition coefficient (Wildman–Crippen LogP) is 1.02. The van der Waals surface area contributed by atoms with Crippen LogP contribution in [-0.2, 0) is 9.53 Å². The molecule has 3 unspecified atom stereocenters. The number of nitriles is 1. The topological polar surface area (TPSA) is 50.1 Å². The predicted molar refractivity (Wildman–Crippen MR) is 40.8 cm³/mol. The van der Waals surface area contributed by atoms with Crippen molar-refractivity contribution in [3.63, 3.8) is 0 Å². The Kier molecular flexibility index (Phi) is 1.61. The average Bonchev–Trinajstić information content (AvgIpc) is 2.40.